The highest BCUT2D eigenvalue weighted by Crippen LogP contribution is 2.31. The van der Waals surface area contributed by atoms with Gasteiger partial charge in [0.15, 0.2) is 0 Å². The van der Waals surface area contributed by atoms with Crippen LogP contribution in [0.2, 0.25) is 0 Å². The highest BCUT2D eigenvalue weighted by molar-refractivity contribution is 9.10. The van der Waals surface area contributed by atoms with Gasteiger partial charge in [-0.3, -0.25) is 4.68 Å². The minimum absolute atomic E-state index is 0.534. The third-order valence-electron chi connectivity index (χ3n) is 2.99. The van der Waals surface area contributed by atoms with Crippen LogP contribution in [0.1, 0.15) is 25.0 Å². The Morgan fingerprint density at radius 2 is 2.12 bits per heavy atom. The first kappa shape index (κ1) is 12.3. The van der Waals surface area contributed by atoms with Crippen LogP contribution >= 0.6 is 15.9 Å². The number of hydrogen-bond acceptors (Lipinski definition) is 2. The highest BCUT2D eigenvalue weighted by atomic mass is 79.9. The molecule has 0 saturated heterocycles. The second-order valence-electron chi connectivity index (χ2n) is 4.27. The van der Waals surface area contributed by atoms with Crippen LogP contribution in [0.25, 0.3) is 0 Å². The number of rotatable bonds is 3. The van der Waals surface area contributed by atoms with E-state index in [9.17, 15) is 0 Å². The van der Waals surface area contributed by atoms with Crippen molar-refractivity contribution < 1.29 is 0 Å². The fourth-order valence-electron chi connectivity index (χ4n) is 1.84. The van der Waals surface area contributed by atoms with Gasteiger partial charge >= 0.3 is 0 Å². The van der Waals surface area contributed by atoms with E-state index in [1.807, 2.05) is 48.3 Å². The molecule has 0 fully saturated rings. The fraction of sp³-hybridized carbons (Fsp3) is 0.308. The average molecular weight is 294 g/mol. The van der Waals surface area contributed by atoms with Gasteiger partial charge in [-0.05, 0) is 25.5 Å². The fourth-order valence-corrected chi connectivity index (χ4v) is 2.54. The highest BCUT2D eigenvalue weighted by Gasteiger charge is 2.27. The lowest BCUT2D eigenvalue weighted by atomic mass is 9.88. The molecule has 0 amide bonds. The Morgan fingerprint density at radius 3 is 2.71 bits per heavy atom. The van der Waals surface area contributed by atoms with Gasteiger partial charge in [0.1, 0.15) is 0 Å². The van der Waals surface area contributed by atoms with Crippen molar-refractivity contribution in [3.63, 3.8) is 0 Å². The minimum Gasteiger partial charge on any atom is -0.318 e. The lowest BCUT2D eigenvalue weighted by Gasteiger charge is -2.25. The van der Waals surface area contributed by atoms with Crippen molar-refractivity contribution in [1.82, 2.24) is 9.78 Å². The molecule has 0 aliphatic heterocycles. The predicted octanol–water partition coefficient (Wildman–Crippen LogP) is 2.89. The molecule has 0 bridgehead atoms. The van der Waals surface area contributed by atoms with E-state index >= 15 is 0 Å². The van der Waals surface area contributed by atoms with Crippen molar-refractivity contribution in [3.8, 4) is 0 Å². The van der Waals surface area contributed by atoms with Gasteiger partial charge in [0.25, 0.3) is 0 Å². The van der Waals surface area contributed by atoms with E-state index in [1.54, 1.807) is 0 Å². The first-order valence-electron chi connectivity index (χ1n) is 5.62. The monoisotopic (exact) mass is 293 g/mol. The second-order valence-corrected chi connectivity index (χ2v) is 5.12. The van der Waals surface area contributed by atoms with Gasteiger partial charge in [0.05, 0.1) is 11.7 Å². The van der Waals surface area contributed by atoms with Gasteiger partial charge in [-0.25, -0.2) is 0 Å². The number of halogens is 1. The maximum Gasteiger partial charge on any atom is 0.0678 e. The summed E-state index contributed by atoms with van der Waals surface area (Å²) in [6, 6.07) is 8.02. The SMILES string of the molecule is CCn1cc(C(C)(N)c2ccccc2Br)cn1. The minimum atomic E-state index is -0.534. The molecule has 3 nitrogen and oxygen atoms in total. The largest absolute Gasteiger partial charge is 0.318 e. The molecule has 0 aliphatic rings. The van der Waals surface area contributed by atoms with E-state index < -0.39 is 5.54 Å². The Bertz CT molecular complexity index is 517. The van der Waals surface area contributed by atoms with Crippen molar-refractivity contribution in [2.75, 3.05) is 0 Å². The van der Waals surface area contributed by atoms with Gasteiger partial charge in [-0.2, -0.15) is 5.10 Å². The van der Waals surface area contributed by atoms with E-state index in [2.05, 4.69) is 28.0 Å². The van der Waals surface area contributed by atoms with E-state index in [4.69, 9.17) is 5.73 Å². The molecule has 1 atom stereocenters. The Morgan fingerprint density at radius 1 is 1.41 bits per heavy atom. The molecular weight excluding hydrogens is 278 g/mol. The Balaban J connectivity index is 2.45. The van der Waals surface area contributed by atoms with Crippen molar-refractivity contribution >= 4 is 15.9 Å². The first-order chi connectivity index (χ1) is 8.05. The topological polar surface area (TPSA) is 43.8 Å². The quantitative estimate of drug-likeness (QED) is 0.946. The maximum absolute atomic E-state index is 6.44. The van der Waals surface area contributed by atoms with Crippen LogP contribution in [-0.4, -0.2) is 9.78 Å². The normalized spacial score (nSPS) is 14.6. The molecule has 2 rings (SSSR count). The predicted molar refractivity (Wildman–Crippen MR) is 72.7 cm³/mol. The van der Waals surface area contributed by atoms with Crippen LogP contribution in [0.4, 0.5) is 0 Å². The standard InChI is InChI=1S/C13H16BrN3/c1-3-17-9-10(8-16-17)13(2,15)11-6-4-5-7-12(11)14/h4-9H,3,15H2,1-2H3. The summed E-state index contributed by atoms with van der Waals surface area (Å²) >= 11 is 3.55. The Hall–Kier alpha value is -1.13. The summed E-state index contributed by atoms with van der Waals surface area (Å²) in [5, 5.41) is 4.28. The second kappa shape index (κ2) is 4.63. The summed E-state index contributed by atoms with van der Waals surface area (Å²) in [4.78, 5) is 0. The Kier molecular flexibility index (Phi) is 3.35. The summed E-state index contributed by atoms with van der Waals surface area (Å²) in [6.07, 6.45) is 3.84. The summed E-state index contributed by atoms with van der Waals surface area (Å²) in [7, 11) is 0. The molecule has 4 heteroatoms. The van der Waals surface area contributed by atoms with Gasteiger partial charge in [-0.1, -0.05) is 34.1 Å². The smallest absolute Gasteiger partial charge is 0.0678 e. The van der Waals surface area contributed by atoms with Crippen LogP contribution in [0.5, 0.6) is 0 Å². The lowest BCUT2D eigenvalue weighted by Crippen LogP contribution is -2.34. The molecule has 2 N–H and O–H groups in total. The van der Waals surface area contributed by atoms with Gasteiger partial charge in [0.2, 0.25) is 0 Å². The molecule has 1 unspecified atom stereocenters. The van der Waals surface area contributed by atoms with Crippen LogP contribution < -0.4 is 5.73 Å². The zero-order valence-corrected chi connectivity index (χ0v) is 11.6. The Labute approximate surface area is 110 Å². The van der Waals surface area contributed by atoms with Crippen molar-refractivity contribution in [1.29, 1.82) is 0 Å². The number of hydrogen-bond donors (Lipinski definition) is 1. The molecule has 1 heterocycles. The lowest BCUT2D eigenvalue weighted by molar-refractivity contribution is 0.596. The third kappa shape index (κ3) is 2.28. The van der Waals surface area contributed by atoms with Crippen molar-refractivity contribution in [2.45, 2.75) is 25.9 Å². The molecule has 0 saturated carbocycles. The number of nitrogens with zero attached hydrogens (tertiary/aromatic N) is 2. The van der Waals surface area contributed by atoms with E-state index in [0.29, 0.717) is 0 Å². The molecule has 1 aromatic carbocycles. The van der Waals surface area contributed by atoms with E-state index in [0.717, 1.165) is 22.1 Å². The molecule has 2 aromatic rings. The molecule has 0 aliphatic carbocycles. The van der Waals surface area contributed by atoms with E-state index in [1.165, 1.54) is 0 Å². The molecular formula is C13H16BrN3. The molecule has 17 heavy (non-hydrogen) atoms. The van der Waals surface area contributed by atoms with Crippen LogP contribution in [0.3, 0.4) is 0 Å². The summed E-state index contributed by atoms with van der Waals surface area (Å²) < 4.78 is 2.91. The molecule has 0 radical (unpaired) electrons. The maximum atomic E-state index is 6.44. The van der Waals surface area contributed by atoms with E-state index in [-0.39, 0.29) is 0 Å². The van der Waals surface area contributed by atoms with Crippen molar-refractivity contribution in [3.05, 3.63) is 52.3 Å². The molecule has 0 spiro atoms. The third-order valence-corrected chi connectivity index (χ3v) is 3.68. The zero-order chi connectivity index (χ0) is 12.5. The summed E-state index contributed by atoms with van der Waals surface area (Å²) in [5.74, 6) is 0. The van der Waals surface area contributed by atoms with Crippen molar-refractivity contribution in [2.24, 2.45) is 5.73 Å². The summed E-state index contributed by atoms with van der Waals surface area (Å²) in [6.45, 7) is 4.92. The van der Waals surface area contributed by atoms with Gasteiger partial charge < -0.3 is 5.73 Å². The average Bonchev–Trinajstić information content (AvgIpc) is 2.78. The van der Waals surface area contributed by atoms with Crippen LogP contribution in [0.15, 0.2) is 41.1 Å². The van der Waals surface area contributed by atoms with Gasteiger partial charge in [0, 0.05) is 22.8 Å². The van der Waals surface area contributed by atoms with Crippen LogP contribution in [0, 0.1) is 0 Å². The van der Waals surface area contributed by atoms with Crippen LogP contribution in [-0.2, 0) is 12.1 Å². The number of aromatic nitrogens is 2. The number of aryl methyl sites for hydroxylation is 1. The molecule has 90 valence electrons. The summed E-state index contributed by atoms with van der Waals surface area (Å²) in [5.41, 5.74) is 8.00. The zero-order valence-electron chi connectivity index (χ0n) is 10.0. The number of nitrogens with two attached hydrogens (primary N) is 1. The molecule has 1 aromatic heterocycles. The number of benzene rings is 1. The first-order valence-corrected chi connectivity index (χ1v) is 6.42. The van der Waals surface area contributed by atoms with Gasteiger partial charge in [-0.15, -0.1) is 0 Å².